The van der Waals surface area contributed by atoms with Crippen LogP contribution >= 0.6 is 11.8 Å². The van der Waals surface area contributed by atoms with Gasteiger partial charge in [0.2, 0.25) is 5.91 Å². The van der Waals surface area contributed by atoms with Gasteiger partial charge in [0, 0.05) is 23.0 Å². The number of benzene rings is 2. The van der Waals surface area contributed by atoms with Gasteiger partial charge in [-0.05, 0) is 49.6 Å². The molecule has 0 aliphatic heterocycles. The minimum atomic E-state index is -0.155. The van der Waals surface area contributed by atoms with E-state index >= 15 is 0 Å². The van der Waals surface area contributed by atoms with Crippen molar-refractivity contribution in [1.29, 1.82) is 0 Å². The molecule has 0 spiro atoms. The highest BCUT2D eigenvalue weighted by atomic mass is 32.2. The lowest BCUT2D eigenvalue weighted by Crippen LogP contribution is -2.25. The van der Waals surface area contributed by atoms with Crippen LogP contribution in [0.2, 0.25) is 0 Å². The van der Waals surface area contributed by atoms with E-state index in [1.165, 1.54) is 5.56 Å². The zero-order valence-electron chi connectivity index (χ0n) is 14.2. The highest BCUT2D eigenvalue weighted by molar-refractivity contribution is 7.99. The summed E-state index contributed by atoms with van der Waals surface area (Å²) in [6, 6.07) is 17.5. The van der Waals surface area contributed by atoms with Gasteiger partial charge in [0.15, 0.2) is 0 Å². The van der Waals surface area contributed by atoms with Gasteiger partial charge in [-0.15, -0.1) is 11.8 Å². The molecule has 25 heavy (non-hydrogen) atoms. The van der Waals surface area contributed by atoms with Gasteiger partial charge >= 0.3 is 0 Å². The Kier molecular flexibility index (Phi) is 5.76. The molecule has 0 aromatic heterocycles. The lowest BCUT2D eigenvalue weighted by molar-refractivity contribution is -0.115. The first-order valence-corrected chi connectivity index (χ1v) is 9.54. The number of amides is 2. The summed E-state index contributed by atoms with van der Waals surface area (Å²) in [7, 11) is 0. The van der Waals surface area contributed by atoms with Crippen LogP contribution in [0.4, 0.5) is 5.69 Å². The van der Waals surface area contributed by atoms with Crippen LogP contribution in [-0.4, -0.2) is 23.1 Å². The van der Waals surface area contributed by atoms with Gasteiger partial charge in [0.05, 0.1) is 5.25 Å². The monoisotopic (exact) mass is 354 g/mol. The fraction of sp³-hybridized carbons (Fsp3) is 0.300. The van der Waals surface area contributed by atoms with Crippen molar-refractivity contribution >= 4 is 29.3 Å². The molecule has 1 unspecified atom stereocenters. The summed E-state index contributed by atoms with van der Waals surface area (Å²) >= 11 is 1.60. The summed E-state index contributed by atoms with van der Waals surface area (Å²) in [5, 5.41) is 5.70. The van der Waals surface area contributed by atoms with Crippen LogP contribution in [0.15, 0.2) is 54.6 Å². The largest absolute Gasteiger partial charge is 0.349 e. The Morgan fingerprint density at radius 1 is 1.08 bits per heavy atom. The number of hydrogen-bond acceptors (Lipinski definition) is 3. The summed E-state index contributed by atoms with van der Waals surface area (Å²) in [5.41, 5.74) is 2.54. The van der Waals surface area contributed by atoms with Gasteiger partial charge in [0.25, 0.3) is 5.91 Å². The molecule has 2 amide bonds. The fourth-order valence-corrected chi connectivity index (χ4v) is 3.16. The molecule has 1 aliphatic rings. The standard InChI is InChI=1S/C20H22N2O2S/c1-14(25-13-15-5-3-2-4-6-15)19(23)21-17-9-7-16(8-10-17)20(24)22-18-11-12-18/h2-10,14,18H,11-13H2,1H3,(H,21,23)(H,22,24). The Labute approximate surface area is 152 Å². The minimum Gasteiger partial charge on any atom is -0.349 e. The van der Waals surface area contributed by atoms with Crippen LogP contribution in [0.1, 0.15) is 35.7 Å². The van der Waals surface area contributed by atoms with E-state index in [4.69, 9.17) is 0 Å². The van der Waals surface area contributed by atoms with E-state index in [-0.39, 0.29) is 17.1 Å². The highest BCUT2D eigenvalue weighted by Gasteiger charge is 2.23. The smallest absolute Gasteiger partial charge is 0.251 e. The number of rotatable bonds is 7. The van der Waals surface area contributed by atoms with Crippen LogP contribution in [0.25, 0.3) is 0 Å². The molecular weight excluding hydrogens is 332 g/mol. The topological polar surface area (TPSA) is 58.2 Å². The summed E-state index contributed by atoms with van der Waals surface area (Å²) in [5.74, 6) is 0.721. The average molecular weight is 354 g/mol. The number of hydrogen-bond donors (Lipinski definition) is 2. The molecule has 0 bridgehead atoms. The number of carbonyl (C=O) groups is 2. The number of nitrogens with one attached hydrogen (secondary N) is 2. The Bertz CT molecular complexity index is 727. The van der Waals surface area contributed by atoms with Crippen LogP contribution in [0.5, 0.6) is 0 Å². The lowest BCUT2D eigenvalue weighted by atomic mass is 10.2. The summed E-state index contributed by atoms with van der Waals surface area (Å²) in [6.07, 6.45) is 2.14. The van der Waals surface area contributed by atoms with Crippen molar-refractivity contribution in [2.45, 2.75) is 36.8 Å². The molecule has 2 aromatic rings. The second-order valence-corrected chi connectivity index (χ2v) is 7.58. The quantitative estimate of drug-likeness (QED) is 0.794. The maximum absolute atomic E-state index is 12.3. The van der Waals surface area contributed by atoms with Gasteiger partial charge in [-0.25, -0.2) is 0 Å². The molecule has 1 aliphatic carbocycles. The second-order valence-electron chi connectivity index (χ2n) is 6.25. The summed E-state index contributed by atoms with van der Waals surface area (Å²) in [6.45, 7) is 1.90. The number of thioether (sulfide) groups is 1. The molecule has 5 heteroatoms. The van der Waals surface area contributed by atoms with Gasteiger partial charge in [0.1, 0.15) is 0 Å². The molecule has 0 heterocycles. The van der Waals surface area contributed by atoms with Crippen LogP contribution in [0, 0.1) is 0 Å². The molecule has 3 rings (SSSR count). The SMILES string of the molecule is CC(SCc1ccccc1)C(=O)Nc1ccc(C(=O)NC2CC2)cc1. The third-order valence-corrected chi connectivity index (χ3v) is 5.25. The van der Waals surface area contributed by atoms with Crippen molar-refractivity contribution < 1.29 is 9.59 Å². The predicted molar refractivity (Wildman–Crippen MR) is 103 cm³/mol. The van der Waals surface area contributed by atoms with Crippen molar-refractivity contribution in [1.82, 2.24) is 5.32 Å². The minimum absolute atomic E-state index is 0.0314. The first kappa shape index (κ1) is 17.5. The van der Waals surface area contributed by atoms with Crippen molar-refractivity contribution in [2.24, 2.45) is 0 Å². The van der Waals surface area contributed by atoms with Gasteiger partial charge < -0.3 is 10.6 Å². The third kappa shape index (κ3) is 5.36. The number of carbonyl (C=O) groups excluding carboxylic acids is 2. The molecule has 2 aromatic carbocycles. The Balaban J connectivity index is 1.48. The predicted octanol–water partition coefficient (Wildman–Crippen LogP) is 3.84. The first-order valence-electron chi connectivity index (χ1n) is 8.49. The molecular formula is C20H22N2O2S. The zero-order chi connectivity index (χ0) is 17.6. The lowest BCUT2D eigenvalue weighted by Gasteiger charge is -2.12. The van der Waals surface area contributed by atoms with E-state index in [2.05, 4.69) is 22.8 Å². The Morgan fingerprint density at radius 3 is 2.40 bits per heavy atom. The van der Waals surface area contributed by atoms with E-state index in [1.807, 2.05) is 25.1 Å². The molecule has 0 saturated heterocycles. The van der Waals surface area contributed by atoms with Crippen LogP contribution in [-0.2, 0) is 10.5 Å². The van der Waals surface area contributed by atoms with Crippen LogP contribution < -0.4 is 10.6 Å². The highest BCUT2D eigenvalue weighted by Crippen LogP contribution is 2.21. The average Bonchev–Trinajstić information content (AvgIpc) is 3.45. The summed E-state index contributed by atoms with van der Waals surface area (Å²) < 4.78 is 0. The van der Waals surface area contributed by atoms with E-state index in [1.54, 1.807) is 36.0 Å². The van der Waals surface area contributed by atoms with E-state index < -0.39 is 0 Å². The Hall–Kier alpha value is -2.27. The summed E-state index contributed by atoms with van der Waals surface area (Å²) in [4.78, 5) is 24.2. The molecule has 2 N–H and O–H groups in total. The molecule has 130 valence electrons. The molecule has 1 atom stereocenters. The van der Waals surface area contributed by atoms with E-state index in [9.17, 15) is 9.59 Å². The van der Waals surface area contributed by atoms with Gasteiger partial charge in [-0.2, -0.15) is 0 Å². The second kappa shape index (κ2) is 8.21. The normalized spacial score (nSPS) is 14.6. The Morgan fingerprint density at radius 2 is 1.76 bits per heavy atom. The van der Waals surface area contributed by atoms with Crippen molar-refractivity contribution in [3.05, 3.63) is 65.7 Å². The molecule has 0 radical (unpaired) electrons. The van der Waals surface area contributed by atoms with Crippen molar-refractivity contribution in [3.8, 4) is 0 Å². The zero-order valence-corrected chi connectivity index (χ0v) is 15.0. The molecule has 4 nitrogen and oxygen atoms in total. The molecule has 1 saturated carbocycles. The maximum Gasteiger partial charge on any atom is 0.251 e. The fourth-order valence-electron chi connectivity index (χ4n) is 2.32. The van der Waals surface area contributed by atoms with E-state index in [0.29, 0.717) is 17.3 Å². The first-order chi connectivity index (χ1) is 12.1. The number of anilines is 1. The van der Waals surface area contributed by atoms with Gasteiger partial charge in [-0.3, -0.25) is 9.59 Å². The van der Waals surface area contributed by atoms with Gasteiger partial charge in [-0.1, -0.05) is 30.3 Å². The molecule has 1 fully saturated rings. The van der Waals surface area contributed by atoms with E-state index in [0.717, 1.165) is 18.6 Å². The third-order valence-electron chi connectivity index (χ3n) is 4.04. The maximum atomic E-state index is 12.3. The van der Waals surface area contributed by atoms with Crippen molar-refractivity contribution in [3.63, 3.8) is 0 Å². The van der Waals surface area contributed by atoms with Crippen LogP contribution in [0.3, 0.4) is 0 Å². The van der Waals surface area contributed by atoms with Crippen molar-refractivity contribution in [2.75, 3.05) is 5.32 Å².